The van der Waals surface area contributed by atoms with E-state index in [1.54, 1.807) is 0 Å². The van der Waals surface area contributed by atoms with E-state index in [1.165, 1.54) is 0 Å². The normalized spacial score (nSPS) is 22.2. The van der Waals surface area contributed by atoms with E-state index in [4.69, 9.17) is 9.47 Å². The average molecular weight is 334 g/mol. The number of nitrogens with zero attached hydrogens (tertiary/aromatic N) is 1. The van der Waals surface area contributed by atoms with E-state index in [-0.39, 0.29) is 30.3 Å². The molecule has 0 aliphatic carbocycles. The van der Waals surface area contributed by atoms with Crippen LogP contribution in [0.5, 0.6) is 5.75 Å². The molecule has 0 aromatic heterocycles. The maximum absolute atomic E-state index is 12.1. The molecule has 1 aliphatic rings. The van der Waals surface area contributed by atoms with E-state index in [9.17, 15) is 4.79 Å². The Morgan fingerprint density at radius 1 is 1.33 bits per heavy atom. The molecule has 1 amide bonds. The first-order chi connectivity index (χ1) is 11.3. The van der Waals surface area contributed by atoms with Crippen LogP contribution in [0.2, 0.25) is 0 Å². The Bertz CT molecular complexity index is 549. The second-order valence-electron chi connectivity index (χ2n) is 7.36. The topological polar surface area (TPSA) is 50.8 Å². The molecule has 0 radical (unpaired) electrons. The highest BCUT2D eigenvalue weighted by atomic mass is 16.5. The molecule has 5 nitrogen and oxygen atoms in total. The van der Waals surface area contributed by atoms with Gasteiger partial charge in [-0.25, -0.2) is 0 Å². The quantitative estimate of drug-likeness (QED) is 0.868. The molecule has 0 saturated carbocycles. The Balaban J connectivity index is 1.79. The first-order valence-electron chi connectivity index (χ1n) is 8.63. The van der Waals surface area contributed by atoms with Gasteiger partial charge in [-0.3, -0.25) is 9.69 Å². The maximum atomic E-state index is 12.1. The zero-order valence-electron chi connectivity index (χ0n) is 15.5. The van der Waals surface area contributed by atoms with Gasteiger partial charge in [0.1, 0.15) is 5.75 Å². The first-order valence-corrected chi connectivity index (χ1v) is 8.63. The average Bonchev–Trinajstić information content (AvgIpc) is 2.50. The van der Waals surface area contributed by atoms with E-state index < -0.39 is 0 Å². The molecule has 134 valence electrons. The van der Waals surface area contributed by atoms with Crippen molar-refractivity contribution < 1.29 is 14.3 Å². The van der Waals surface area contributed by atoms with Crippen molar-refractivity contribution in [1.29, 1.82) is 0 Å². The van der Waals surface area contributed by atoms with E-state index in [0.29, 0.717) is 6.54 Å². The zero-order chi connectivity index (χ0) is 17.7. The summed E-state index contributed by atoms with van der Waals surface area (Å²) in [5.74, 6) is 0.624. The highest BCUT2D eigenvalue weighted by Crippen LogP contribution is 2.20. The fourth-order valence-electron chi connectivity index (χ4n) is 3.00. The van der Waals surface area contributed by atoms with Crippen molar-refractivity contribution in [3.8, 4) is 5.75 Å². The number of carbonyl (C=O) groups is 1. The molecule has 1 aromatic carbocycles. The number of rotatable bonds is 6. The molecule has 2 atom stereocenters. The third-order valence-corrected chi connectivity index (χ3v) is 4.35. The number of aryl methyl sites for hydroxylation is 1. The lowest BCUT2D eigenvalue weighted by atomic mass is 10.00. The van der Waals surface area contributed by atoms with Gasteiger partial charge in [0.2, 0.25) is 0 Å². The van der Waals surface area contributed by atoms with Gasteiger partial charge >= 0.3 is 0 Å². The molecule has 24 heavy (non-hydrogen) atoms. The first kappa shape index (κ1) is 18.7. The van der Waals surface area contributed by atoms with Crippen LogP contribution < -0.4 is 10.1 Å². The minimum absolute atomic E-state index is 0.0372. The minimum Gasteiger partial charge on any atom is -0.484 e. The number of amides is 1. The van der Waals surface area contributed by atoms with Gasteiger partial charge in [0, 0.05) is 25.2 Å². The second kappa shape index (κ2) is 7.99. The molecule has 5 heteroatoms. The number of nitrogens with one attached hydrogen (secondary N) is 1. The van der Waals surface area contributed by atoms with Crippen LogP contribution in [-0.2, 0) is 9.53 Å². The Morgan fingerprint density at radius 3 is 2.62 bits per heavy atom. The highest BCUT2D eigenvalue weighted by Gasteiger charge is 2.33. The smallest absolute Gasteiger partial charge is 0.258 e. The lowest BCUT2D eigenvalue weighted by molar-refractivity contribution is -0.124. The van der Waals surface area contributed by atoms with Crippen molar-refractivity contribution in [1.82, 2.24) is 10.2 Å². The molecule has 1 aliphatic heterocycles. The van der Waals surface area contributed by atoms with Crippen LogP contribution in [0.4, 0.5) is 0 Å². The van der Waals surface area contributed by atoms with Crippen LogP contribution >= 0.6 is 0 Å². The van der Waals surface area contributed by atoms with Crippen molar-refractivity contribution in [3.05, 3.63) is 29.8 Å². The molecule has 2 unspecified atom stereocenters. The van der Waals surface area contributed by atoms with Gasteiger partial charge in [0.15, 0.2) is 6.61 Å². The van der Waals surface area contributed by atoms with Crippen molar-refractivity contribution in [2.24, 2.45) is 0 Å². The van der Waals surface area contributed by atoms with Crippen molar-refractivity contribution >= 4 is 5.91 Å². The summed E-state index contributed by atoms with van der Waals surface area (Å²) in [7, 11) is 0. The molecular weight excluding hydrogens is 304 g/mol. The third kappa shape index (κ3) is 5.49. The van der Waals surface area contributed by atoms with Gasteiger partial charge in [-0.05, 0) is 52.3 Å². The molecule has 1 heterocycles. The van der Waals surface area contributed by atoms with E-state index in [1.807, 2.05) is 31.2 Å². The number of morpholine rings is 1. The number of carbonyl (C=O) groups excluding carboxylic acids is 1. The number of hydrogen-bond acceptors (Lipinski definition) is 4. The molecular formula is C19H30N2O3. The van der Waals surface area contributed by atoms with Gasteiger partial charge in [0.25, 0.3) is 5.91 Å². The highest BCUT2D eigenvalue weighted by molar-refractivity contribution is 5.77. The van der Waals surface area contributed by atoms with E-state index >= 15 is 0 Å². The molecule has 1 saturated heterocycles. The largest absolute Gasteiger partial charge is 0.484 e. The summed E-state index contributed by atoms with van der Waals surface area (Å²) in [6.45, 7) is 12.9. The summed E-state index contributed by atoms with van der Waals surface area (Å²) >= 11 is 0. The second-order valence-corrected chi connectivity index (χ2v) is 7.36. The number of benzene rings is 1. The lowest BCUT2D eigenvalue weighted by Gasteiger charge is -2.45. The van der Waals surface area contributed by atoms with Crippen molar-refractivity contribution in [2.75, 3.05) is 26.2 Å². The van der Waals surface area contributed by atoms with E-state index in [2.05, 4.69) is 37.9 Å². The van der Waals surface area contributed by atoms with Gasteiger partial charge in [-0.15, -0.1) is 0 Å². The maximum Gasteiger partial charge on any atom is 0.258 e. The summed E-state index contributed by atoms with van der Waals surface area (Å²) in [5.41, 5.74) is 0.996. The zero-order valence-corrected chi connectivity index (χ0v) is 15.5. The fraction of sp³-hybridized carbons (Fsp3) is 0.632. The summed E-state index contributed by atoms with van der Waals surface area (Å²) in [4.78, 5) is 14.5. The van der Waals surface area contributed by atoms with Crippen LogP contribution in [0.25, 0.3) is 0 Å². The standard InChI is InChI=1S/C19H30N2O3/c1-14-7-6-8-17(9-14)23-12-18(22)20-13-19(4,5)21-10-15(2)24-16(3)11-21/h6-9,15-16H,10-13H2,1-5H3,(H,20,22). The predicted octanol–water partition coefficient (Wildman–Crippen LogP) is 2.38. The van der Waals surface area contributed by atoms with Crippen LogP contribution in [0.15, 0.2) is 24.3 Å². The summed E-state index contributed by atoms with van der Waals surface area (Å²) in [6, 6.07) is 7.71. The molecule has 0 bridgehead atoms. The molecule has 1 N–H and O–H groups in total. The Morgan fingerprint density at radius 2 is 2.00 bits per heavy atom. The minimum atomic E-state index is -0.120. The Hall–Kier alpha value is -1.59. The molecule has 1 fully saturated rings. The van der Waals surface area contributed by atoms with Gasteiger partial charge < -0.3 is 14.8 Å². The van der Waals surface area contributed by atoms with Gasteiger partial charge in [-0.1, -0.05) is 12.1 Å². The van der Waals surface area contributed by atoms with Crippen LogP contribution in [0.1, 0.15) is 33.3 Å². The van der Waals surface area contributed by atoms with Gasteiger partial charge in [-0.2, -0.15) is 0 Å². The van der Waals surface area contributed by atoms with E-state index in [0.717, 1.165) is 24.4 Å². The predicted molar refractivity (Wildman–Crippen MR) is 95.3 cm³/mol. The van der Waals surface area contributed by atoms with Crippen LogP contribution in [0.3, 0.4) is 0 Å². The third-order valence-electron chi connectivity index (χ3n) is 4.35. The summed E-state index contributed by atoms with van der Waals surface area (Å²) in [5, 5.41) is 2.99. The molecule has 1 aromatic rings. The summed E-state index contributed by atoms with van der Waals surface area (Å²) < 4.78 is 11.3. The van der Waals surface area contributed by atoms with Crippen LogP contribution in [0, 0.1) is 6.92 Å². The Kier molecular flexibility index (Phi) is 6.24. The SMILES string of the molecule is Cc1cccc(OCC(=O)NCC(C)(C)N2CC(C)OC(C)C2)c1. The monoisotopic (exact) mass is 334 g/mol. The lowest BCUT2D eigenvalue weighted by Crippen LogP contribution is -2.58. The van der Waals surface area contributed by atoms with Crippen molar-refractivity contribution in [2.45, 2.75) is 52.4 Å². The molecule has 0 spiro atoms. The van der Waals surface area contributed by atoms with Crippen LogP contribution in [-0.4, -0.2) is 54.8 Å². The van der Waals surface area contributed by atoms with Crippen molar-refractivity contribution in [3.63, 3.8) is 0 Å². The Labute approximate surface area is 145 Å². The fourth-order valence-corrected chi connectivity index (χ4v) is 3.00. The molecule has 2 rings (SSSR count). The summed E-state index contributed by atoms with van der Waals surface area (Å²) in [6.07, 6.45) is 0.432. The number of ether oxygens (including phenoxy) is 2. The number of hydrogen-bond donors (Lipinski definition) is 1. The van der Waals surface area contributed by atoms with Gasteiger partial charge in [0.05, 0.1) is 12.2 Å².